The molecule has 7 nitrogen and oxygen atoms in total. The van der Waals surface area contributed by atoms with Crippen LogP contribution in [0.25, 0.3) is 0 Å². The third kappa shape index (κ3) is 18.8. The van der Waals surface area contributed by atoms with Crippen molar-refractivity contribution in [1.82, 2.24) is 0 Å². The third-order valence-corrected chi connectivity index (χ3v) is 0.656. The minimum Gasteiger partial charge on any atom is -0.827 e. The average Bonchev–Trinajstić information content (AvgIpc) is 2.16. The van der Waals surface area contributed by atoms with Gasteiger partial charge in [-0.2, -0.15) is 0 Å². The number of esters is 1. The summed E-state index contributed by atoms with van der Waals surface area (Å²) in [4.78, 5) is 24.4. The first kappa shape index (κ1) is 20.5. The molecule has 0 aromatic carbocycles. The Morgan fingerprint density at radius 2 is 1.88 bits per heavy atom. The minimum atomic E-state index is -2.65. The summed E-state index contributed by atoms with van der Waals surface area (Å²) in [6.07, 6.45) is 0.275. The second-order valence-electron chi connectivity index (χ2n) is 1.69. The fourth-order valence-corrected chi connectivity index (χ4v) is 0.272. The SMILES string of the molecule is C=COC(=O)CC(=O)O.[Li+].[O-]B(OF)OF. The molecule has 0 atom stereocenters. The zero-order valence-electron chi connectivity index (χ0n) is 8.22. The molecule has 0 heterocycles. The van der Waals surface area contributed by atoms with Crippen LogP contribution in [0.1, 0.15) is 6.42 Å². The van der Waals surface area contributed by atoms with E-state index >= 15 is 0 Å². The molecule has 0 aliphatic carbocycles. The number of rotatable bonds is 5. The number of carboxylic acids is 1. The fraction of sp³-hybridized carbons (Fsp3) is 0.200. The maximum absolute atomic E-state index is 10.2. The van der Waals surface area contributed by atoms with Crippen molar-refractivity contribution in [3.63, 3.8) is 0 Å². The van der Waals surface area contributed by atoms with Crippen LogP contribution in [0.4, 0.5) is 9.05 Å². The number of hydrogen-bond acceptors (Lipinski definition) is 6. The van der Waals surface area contributed by atoms with Crippen LogP contribution in [0.5, 0.6) is 0 Å². The predicted octanol–water partition coefficient (Wildman–Crippen LogP) is -3.71. The second-order valence-corrected chi connectivity index (χ2v) is 1.69. The van der Waals surface area contributed by atoms with Crippen molar-refractivity contribution in [3.05, 3.63) is 12.8 Å². The van der Waals surface area contributed by atoms with Crippen LogP contribution in [0, 0.1) is 0 Å². The summed E-state index contributed by atoms with van der Waals surface area (Å²) >= 11 is 0. The van der Waals surface area contributed by atoms with E-state index in [0.717, 1.165) is 6.26 Å². The van der Waals surface area contributed by atoms with Crippen molar-refractivity contribution in [3.8, 4) is 0 Å². The molecule has 0 amide bonds. The summed E-state index contributed by atoms with van der Waals surface area (Å²) in [5, 5.41) is 17.0. The molecule has 0 aromatic heterocycles. The molecular formula is C5H6BF2LiO7. The van der Waals surface area contributed by atoms with Gasteiger partial charge in [-0.25, -0.2) is 9.72 Å². The largest absolute Gasteiger partial charge is 1.00 e. The summed E-state index contributed by atoms with van der Waals surface area (Å²) < 4.78 is 24.5. The van der Waals surface area contributed by atoms with E-state index in [0.29, 0.717) is 0 Å². The number of hydrogen-bond donors (Lipinski definition) is 1. The number of halogens is 2. The van der Waals surface area contributed by atoms with E-state index in [1.54, 1.807) is 0 Å². The summed E-state index contributed by atoms with van der Waals surface area (Å²) in [5.41, 5.74) is 0. The normalized spacial score (nSPS) is 7.69. The molecule has 16 heavy (non-hydrogen) atoms. The maximum Gasteiger partial charge on any atom is 1.00 e. The molecular weight excluding hydrogens is 228 g/mol. The van der Waals surface area contributed by atoms with Gasteiger partial charge in [0.2, 0.25) is 0 Å². The Morgan fingerprint density at radius 1 is 1.44 bits per heavy atom. The van der Waals surface area contributed by atoms with Gasteiger partial charge in [-0.1, -0.05) is 15.6 Å². The van der Waals surface area contributed by atoms with Crippen LogP contribution in [0.3, 0.4) is 0 Å². The van der Waals surface area contributed by atoms with E-state index in [-0.39, 0.29) is 18.9 Å². The van der Waals surface area contributed by atoms with Crippen molar-refractivity contribution in [1.29, 1.82) is 0 Å². The fourth-order valence-electron chi connectivity index (χ4n) is 0.272. The smallest absolute Gasteiger partial charge is 0.827 e. The van der Waals surface area contributed by atoms with Crippen LogP contribution in [-0.4, -0.2) is 24.4 Å². The van der Waals surface area contributed by atoms with E-state index in [1.807, 2.05) is 0 Å². The van der Waals surface area contributed by atoms with Crippen molar-refractivity contribution in [2.45, 2.75) is 6.42 Å². The molecule has 0 saturated heterocycles. The van der Waals surface area contributed by atoms with Crippen molar-refractivity contribution in [2.24, 2.45) is 0 Å². The van der Waals surface area contributed by atoms with E-state index in [9.17, 15) is 18.6 Å². The number of carboxylic acid groups (broad SMARTS) is 1. The first-order chi connectivity index (χ1) is 6.97. The standard InChI is InChI=1S/C5H6O4.BF2O3.Li/c1-2-9-5(8)3-4(6)7;2-5-1(4)6-3;/h2H,1,3H2,(H,6,7);;/q;-1;+1. The van der Waals surface area contributed by atoms with Crippen molar-refractivity contribution in [2.75, 3.05) is 0 Å². The van der Waals surface area contributed by atoms with Crippen LogP contribution in [-0.2, 0) is 24.0 Å². The maximum atomic E-state index is 10.2. The Bertz CT molecular complexity index is 213. The number of carbonyl (C=O) groups excluding carboxylic acids is 1. The number of carbonyl (C=O) groups is 2. The molecule has 0 aliphatic rings. The number of aliphatic carboxylic acids is 1. The van der Waals surface area contributed by atoms with Crippen LogP contribution in [0.15, 0.2) is 12.8 Å². The van der Waals surface area contributed by atoms with E-state index in [4.69, 9.17) is 10.1 Å². The molecule has 0 saturated carbocycles. The van der Waals surface area contributed by atoms with Gasteiger partial charge in [-0.05, 0) is 0 Å². The van der Waals surface area contributed by atoms with Crippen LogP contribution >= 0.6 is 0 Å². The summed E-state index contributed by atoms with van der Waals surface area (Å²) in [6, 6.07) is 0. The molecule has 0 aliphatic heterocycles. The molecule has 1 N–H and O–H groups in total. The van der Waals surface area contributed by atoms with Crippen molar-refractivity contribution >= 4 is 19.3 Å². The first-order valence-electron chi connectivity index (χ1n) is 3.20. The Labute approximate surface area is 101 Å². The molecule has 0 rings (SSSR count). The summed E-state index contributed by atoms with van der Waals surface area (Å²) in [5.74, 6) is -2.01. The Balaban J connectivity index is -0.000000214. The topological polar surface area (TPSA) is 105 Å². The zero-order chi connectivity index (χ0) is 12.3. The van der Waals surface area contributed by atoms with Crippen molar-refractivity contribution < 1.29 is 62.1 Å². The average molecular weight is 234 g/mol. The quantitative estimate of drug-likeness (QED) is 0.225. The molecule has 0 unspecified atom stereocenters. The molecule has 11 heteroatoms. The Hall–Kier alpha value is -0.918. The van der Waals surface area contributed by atoms with E-state index in [1.165, 1.54) is 0 Å². The summed E-state index contributed by atoms with van der Waals surface area (Å²) in [6.45, 7) is 3.07. The van der Waals surface area contributed by atoms with Gasteiger partial charge in [-0.3, -0.25) is 9.59 Å². The monoisotopic (exact) mass is 234 g/mol. The number of ether oxygens (including phenoxy) is 1. The van der Waals surface area contributed by atoms with Gasteiger partial charge in [0.25, 0.3) is 0 Å². The zero-order valence-corrected chi connectivity index (χ0v) is 8.22. The summed E-state index contributed by atoms with van der Waals surface area (Å²) in [7, 11) is -2.65. The van der Waals surface area contributed by atoms with E-state index < -0.39 is 25.7 Å². The molecule has 0 radical (unpaired) electrons. The first-order valence-corrected chi connectivity index (χ1v) is 3.20. The predicted molar refractivity (Wildman–Crippen MR) is 38.7 cm³/mol. The molecule has 0 spiro atoms. The van der Waals surface area contributed by atoms with Crippen LogP contribution in [0.2, 0.25) is 0 Å². The Kier molecular flexibility index (Phi) is 18.0. The van der Waals surface area contributed by atoms with Gasteiger partial charge in [0.1, 0.15) is 6.42 Å². The molecule has 0 aromatic rings. The van der Waals surface area contributed by atoms with E-state index in [2.05, 4.69) is 21.0 Å². The van der Waals surface area contributed by atoms with Gasteiger partial charge < -0.3 is 14.9 Å². The van der Waals surface area contributed by atoms with Gasteiger partial charge in [0, 0.05) is 0 Å². The molecule has 86 valence electrons. The van der Waals surface area contributed by atoms with Crippen LogP contribution < -0.4 is 23.9 Å². The molecule has 0 fully saturated rings. The third-order valence-electron chi connectivity index (χ3n) is 0.656. The van der Waals surface area contributed by atoms with Gasteiger partial charge >= 0.3 is 38.1 Å². The molecule has 0 bridgehead atoms. The Morgan fingerprint density at radius 3 is 2.06 bits per heavy atom. The second kappa shape index (κ2) is 14.1. The minimum absolute atomic E-state index is 0. The van der Waals surface area contributed by atoms with Gasteiger partial charge in [0.05, 0.1) is 6.26 Å². The van der Waals surface area contributed by atoms with Gasteiger partial charge in [0.15, 0.2) is 0 Å². The van der Waals surface area contributed by atoms with Gasteiger partial charge in [-0.15, -0.1) is 0 Å².